The van der Waals surface area contributed by atoms with E-state index in [9.17, 15) is 13.2 Å². The molecule has 0 bridgehead atoms. The number of alkyl halides is 3. The van der Waals surface area contributed by atoms with Gasteiger partial charge >= 0.3 is 6.18 Å². The zero-order valence-electron chi connectivity index (χ0n) is 10.6. The van der Waals surface area contributed by atoms with E-state index in [-0.39, 0.29) is 25.0 Å². The maximum absolute atomic E-state index is 12.2. The van der Waals surface area contributed by atoms with Gasteiger partial charge in [0.15, 0.2) is 0 Å². The quantitative estimate of drug-likeness (QED) is 0.914. The molecule has 1 aromatic carbocycles. The first-order chi connectivity index (χ1) is 8.92. The average Bonchev–Trinajstić information content (AvgIpc) is 2.33. The Morgan fingerprint density at radius 2 is 1.90 bits per heavy atom. The lowest BCUT2D eigenvalue weighted by atomic mass is 10.0. The Bertz CT molecular complexity index is 403. The van der Waals surface area contributed by atoms with Crippen LogP contribution in [0.1, 0.15) is 12.0 Å². The number of hydrogen-bond acceptors (Lipinski definition) is 2. The predicted octanol–water partition coefficient (Wildman–Crippen LogP) is 3.61. The fraction of sp³-hybridized carbons (Fsp3) is 0.538. The Kier molecular flexibility index (Phi) is 6.58. The summed E-state index contributed by atoms with van der Waals surface area (Å²) in [6, 6.07) is 7.46. The number of morpholine rings is 1. The van der Waals surface area contributed by atoms with Crippen LogP contribution in [0.3, 0.4) is 0 Å². The van der Waals surface area contributed by atoms with Crippen LogP contribution in [0.4, 0.5) is 13.2 Å². The van der Waals surface area contributed by atoms with Crippen molar-refractivity contribution in [2.24, 2.45) is 0 Å². The largest absolute Gasteiger partial charge is 0.391 e. The second-order valence-corrected chi connectivity index (χ2v) is 5.15. The Hall–Kier alpha value is -0.490. The van der Waals surface area contributed by atoms with E-state index in [0.29, 0.717) is 11.6 Å². The summed E-state index contributed by atoms with van der Waals surface area (Å²) < 4.78 is 41.9. The Morgan fingerprint density at radius 1 is 1.25 bits per heavy atom. The molecule has 114 valence electrons. The molecule has 0 amide bonds. The summed E-state index contributed by atoms with van der Waals surface area (Å²) in [4.78, 5) is 0. The van der Waals surface area contributed by atoms with E-state index < -0.39 is 18.7 Å². The average molecular weight is 330 g/mol. The van der Waals surface area contributed by atoms with E-state index in [1.54, 1.807) is 12.1 Å². The van der Waals surface area contributed by atoms with Crippen LogP contribution in [0.2, 0.25) is 5.02 Å². The first-order valence-electron chi connectivity index (χ1n) is 6.08. The van der Waals surface area contributed by atoms with Crippen molar-refractivity contribution < 1.29 is 17.9 Å². The number of nitrogens with one attached hydrogen (secondary N) is 1. The highest BCUT2D eigenvalue weighted by Crippen LogP contribution is 2.24. The van der Waals surface area contributed by atoms with E-state index in [1.165, 1.54) is 0 Å². The van der Waals surface area contributed by atoms with Gasteiger partial charge < -0.3 is 10.1 Å². The second-order valence-electron chi connectivity index (χ2n) is 4.71. The van der Waals surface area contributed by atoms with Gasteiger partial charge in [-0.2, -0.15) is 13.2 Å². The van der Waals surface area contributed by atoms with E-state index in [2.05, 4.69) is 5.32 Å². The van der Waals surface area contributed by atoms with Gasteiger partial charge in [0.1, 0.15) is 0 Å². The Labute approximate surface area is 127 Å². The lowest BCUT2D eigenvalue weighted by molar-refractivity contribution is -0.165. The number of ether oxygens (including phenoxy) is 1. The third-order valence-electron chi connectivity index (χ3n) is 3.02. The van der Waals surface area contributed by atoms with Gasteiger partial charge in [0.05, 0.1) is 19.1 Å². The number of rotatable bonds is 3. The first-order valence-corrected chi connectivity index (χ1v) is 6.46. The summed E-state index contributed by atoms with van der Waals surface area (Å²) in [5.74, 6) is 0. The van der Waals surface area contributed by atoms with Crippen LogP contribution in [0.25, 0.3) is 0 Å². The van der Waals surface area contributed by atoms with Crippen molar-refractivity contribution in [3.05, 3.63) is 34.9 Å². The topological polar surface area (TPSA) is 21.3 Å². The normalized spacial score (nSPS) is 23.2. The number of benzene rings is 1. The van der Waals surface area contributed by atoms with Crippen molar-refractivity contribution in [2.75, 3.05) is 13.2 Å². The minimum absolute atomic E-state index is 0. The highest BCUT2D eigenvalue weighted by Gasteiger charge is 2.34. The summed E-state index contributed by atoms with van der Waals surface area (Å²) in [6.45, 7) is 0.529. The molecule has 7 heteroatoms. The summed E-state index contributed by atoms with van der Waals surface area (Å²) in [6.07, 6.45) is -5.12. The maximum atomic E-state index is 12.2. The molecule has 1 N–H and O–H groups in total. The summed E-state index contributed by atoms with van der Waals surface area (Å²) in [5.41, 5.74) is 1.08. The van der Waals surface area contributed by atoms with Gasteiger partial charge in [-0.15, -0.1) is 12.4 Å². The monoisotopic (exact) mass is 329 g/mol. The molecule has 1 aliphatic rings. The van der Waals surface area contributed by atoms with Gasteiger partial charge in [0.2, 0.25) is 0 Å². The molecule has 0 saturated carbocycles. The van der Waals surface area contributed by atoms with Gasteiger partial charge in [-0.1, -0.05) is 23.7 Å². The maximum Gasteiger partial charge on any atom is 0.391 e. The molecule has 2 atom stereocenters. The lowest BCUT2D eigenvalue weighted by Gasteiger charge is -2.31. The van der Waals surface area contributed by atoms with Crippen molar-refractivity contribution in [1.82, 2.24) is 5.32 Å². The summed E-state index contributed by atoms with van der Waals surface area (Å²) >= 11 is 5.79. The van der Waals surface area contributed by atoms with Crippen molar-refractivity contribution in [3.63, 3.8) is 0 Å². The SMILES string of the molecule is Cl.FC(F)(F)C[C@H]1CN[C@@H](Cc2ccc(Cl)cc2)CO1. The molecule has 1 aliphatic heterocycles. The second kappa shape index (κ2) is 7.50. The molecule has 1 saturated heterocycles. The van der Waals surface area contributed by atoms with Gasteiger partial charge in [-0.25, -0.2) is 0 Å². The molecule has 0 radical (unpaired) electrons. The lowest BCUT2D eigenvalue weighted by Crippen LogP contribution is -2.48. The molecule has 0 aliphatic carbocycles. The van der Waals surface area contributed by atoms with Gasteiger partial charge in [0.25, 0.3) is 0 Å². The minimum Gasteiger partial charge on any atom is -0.375 e. The molecule has 1 heterocycles. The Morgan fingerprint density at radius 3 is 2.40 bits per heavy atom. The van der Waals surface area contributed by atoms with Gasteiger partial charge in [-0.05, 0) is 24.1 Å². The smallest absolute Gasteiger partial charge is 0.375 e. The fourth-order valence-corrected chi connectivity index (χ4v) is 2.22. The highest BCUT2D eigenvalue weighted by molar-refractivity contribution is 6.30. The number of hydrogen-bond donors (Lipinski definition) is 1. The van der Waals surface area contributed by atoms with Crippen molar-refractivity contribution in [2.45, 2.75) is 31.2 Å². The van der Waals surface area contributed by atoms with Gasteiger partial charge in [-0.3, -0.25) is 0 Å². The number of halogens is 5. The van der Waals surface area contributed by atoms with E-state index >= 15 is 0 Å². The zero-order valence-corrected chi connectivity index (χ0v) is 12.2. The summed E-state index contributed by atoms with van der Waals surface area (Å²) in [5, 5.41) is 3.77. The molecule has 0 unspecified atom stereocenters. The van der Waals surface area contributed by atoms with Crippen LogP contribution in [0.15, 0.2) is 24.3 Å². The van der Waals surface area contributed by atoms with E-state index in [1.807, 2.05) is 12.1 Å². The van der Waals surface area contributed by atoms with Crippen LogP contribution in [-0.4, -0.2) is 31.5 Å². The molecular formula is C13H16Cl2F3NO. The molecule has 2 nitrogen and oxygen atoms in total. The third-order valence-corrected chi connectivity index (χ3v) is 3.27. The molecule has 1 fully saturated rings. The third kappa shape index (κ3) is 5.87. The highest BCUT2D eigenvalue weighted by atomic mass is 35.5. The molecular weight excluding hydrogens is 314 g/mol. The van der Waals surface area contributed by atoms with Crippen molar-refractivity contribution in [1.29, 1.82) is 0 Å². The molecule has 1 aromatic rings. The van der Waals surface area contributed by atoms with Crippen LogP contribution in [0.5, 0.6) is 0 Å². The van der Waals surface area contributed by atoms with Crippen LogP contribution in [-0.2, 0) is 11.2 Å². The fourth-order valence-electron chi connectivity index (χ4n) is 2.09. The minimum atomic E-state index is -4.17. The zero-order chi connectivity index (χ0) is 13.9. The molecule has 2 rings (SSSR count). The van der Waals surface area contributed by atoms with Crippen LogP contribution < -0.4 is 5.32 Å². The van der Waals surface area contributed by atoms with Crippen LogP contribution in [0, 0.1) is 0 Å². The van der Waals surface area contributed by atoms with Gasteiger partial charge in [0, 0.05) is 17.6 Å². The van der Waals surface area contributed by atoms with Crippen LogP contribution >= 0.6 is 24.0 Å². The predicted molar refractivity (Wildman–Crippen MR) is 74.6 cm³/mol. The van der Waals surface area contributed by atoms with E-state index in [4.69, 9.17) is 16.3 Å². The molecule has 20 heavy (non-hydrogen) atoms. The first kappa shape index (κ1) is 17.6. The van der Waals surface area contributed by atoms with Crippen molar-refractivity contribution in [3.8, 4) is 0 Å². The Balaban J connectivity index is 0.00000200. The standard InChI is InChI=1S/C13H15ClF3NO.ClH/c14-10-3-1-9(2-4-10)5-11-8-19-12(7-18-11)6-13(15,16)17;/h1-4,11-12,18H,5-8H2;1H/t11-,12-;/m0./s1. The van der Waals surface area contributed by atoms with Crippen molar-refractivity contribution >= 4 is 24.0 Å². The molecule has 0 aromatic heterocycles. The molecule has 0 spiro atoms. The summed E-state index contributed by atoms with van der Waals surface area (Å²) in [7, 11) is 0. The van der Waals surface area contributed by atoms with E-state index in [0.717, 1.165) is 12.0 Å².